The van der Waals surface area contributed by atoms with Gasteiger partial charge in [0.25, 0.3) is 5.91 Å². The fourth-order valence-electron chi connectivity index (χ4n) is 4.82. The number of methoxy groups -OCH3 is 1. The van der Waals surface area contributed by atoms with Gasteiger partial charge in [-0.25, -0.2) is 4.79 Å². The lowest BCUT2D eigenvalue weighted by Gasteiger charge is -2.11. The SMILES string of the molecule is COC(=O)c1cc2cc(c1)C(=O)NCCCCCCCCCCCCCCCCCCCC(=O)NC2. The van der Waals surface area contributed by atoms with E-state index in [4.69, 9.17) is 4.74 Å². The van der Waals surface area contributed by atoms with Crippen LogP contribution in [0.25, 0.3) is 0 Å². The van der Waals surface area contributed by atoms with Crippen molar-refractivity contribution in [2.24, 2.45) is 0 Å². The maximum absolute atomic E-state index is 12.7. The van der Waals surface area contributed by atoms with Gasteiger partial charge in [-0.1, -0.05) is 96.3 Å². The van der Waals surface area contributed by atoms with E-state index in [9.17, 15) is 14.4 Å². The highest BCUT2D eigenvalue weighted by Gasteiger charge is 2.14. The van der Waals surface area contributed by atoms with Crippen LogP contribution in [0.15, 0.2) is 18.2 Å². The van der Waals surface area contributed by atoms with Crippen LogP contribution in [0.5, 0.6) is 0 Å². The number of esters is 1. The first kappa shape index (κ1) is 29.9. The van der Waals surface area contributed by atoms with Crippen LogP contribution in [-0.4, -0.2) is 31.4 Å². The summed E-state index contributed by atoms with van der Waals surface area (Å²) in [7, 11) is 1.32. The number of benzene rings is 1. The normalized spacial score (nSPS) is 19.4. The third-order valence-electron chi connectivity index (χ3n) is 7.03. The molecule has 2 rings (SSSR count). The highest BCUT2D eigenvalue weighted by molar-refractivity contribution is 5.98. The minimum atomic E-state index is -0.493. The lowest BCUT2D eigenvalue weighted by molar-refractivity contribution is -0.121. The highest BCUT2D eigenvalue weighted by Crippen LogP contribution is 2.15. The quantitative estimate of drug-likeness (QED) is 0.413. The van der Waals surface area contributed by atoms with Gasteiger partial charge in [0.1, 0.15) is 0 Å². The number of nitrogens with one attached hydrogen (secondary N) is 2. The predicted molar refractivity (Wildman–Crippen MR) is 145 cm³/mol. The molecule has 1 aromatic carbocycles. The van der Waals surface area contributed by atoms with Gasteiger partial charge in [0.05, 0.1) is 12.7 Å². The zero-order valence-corrected chi connectivity index (χ0v) is 22.5. The Hall–Kier alpha value is -2.37. The van der Waals surface area contributed by atoms with Crippen molar-refractivity contribution in [3.63, 3.8) is 0 Å². The average Bonchev–Trinajstić information content (AvgIpc) is 2.89. The second-order valence-corrected chi connectivity index (χ2v) is 10.2. The molecule has 2 N–H and O–H groups in total. The molecule has 0 saturated carbocycles. The molecule has 2 bridgehead atoms. The van der Waals surface area contributed by atoms with Crippen molar-refractivity contribution in [3.05, 3.63) is 34.9 Å². The molecular weight excluding hydrogens is 452 g/mol. The van der Waals surface area contributed by atoms with Crippen molar-refractivity contribution in [2.45, 2.75) is 122 Å². The molecule has 0 fully saturated rings. The molecule has 202 valence electrons. The number of carbonyl (C=O) groups excluding carboxylic acids is 3. The van der Waals surface area contributed by atoms with Crippen molar-refractivity contribution < 1.29 is 19.1 Å². The first-order valence-corrected chi connectivity index (χ1v) is 14.4. The highest BCUT2D eigenvalue weighted by atomic mass is 16.5. The Morgan fingerprint density at radius 2 is 1.17 bits per heavy atom. The molecule has 0 aliphatic carbocycles. The van der Waals surface area contributed by atoms with Gasteiger partial charge in [0, 0.05) is 25.1 Å². The number of amides is 2. The molecular formula is C30H48N2O4. The minimum absolute atomic E-state index is 0.00170. The number of hydrogen-bond acceptors (Lipinski definition) is 4. The molecule has 0 radical (unpaired) electrons. The first-order valence-electron chi connectivity index (χ1n) is 14.4. The van der Waals surface area contributed by atoms with Crippen LogP contribution in [-0.2, 0) is 16.1 Å². The van der Waals surface area contributed by atoms with Gasteiger partial charge in [-0.2, -0.15) is 0 Å². The summed E-state index contributed by atoms with van der Waals surface area (Å²) >= 11 is 0. The van der Waals surface area contributed by atoms with E-state index in [1.54, 1.807) is 18.2 Å². The molecule has 1 heterocycles. The van der Waals surface area contributed by atoms with Crippen molar-refractivity contribution in [2.75, 3.05) is 13.7 Å². The van der Waals surface area contributed by atoms with Crippen LogP contribution in [0.4, 0.5) is 0 Å². The molecule has 6 heteroatoms. The molecule has 0 spiro atoms. The first-order chi connectivity index (χ1) is 17.6. The number of ether oxygens (including phenoxy) is 1. The van der Waals surface area contributed by atoms with Gasteiger partial charge in [0.15, 0.2) is 0 Å². The lowest BCUT2D eigenvalue weighted by Crippen LogP contribution is -2.26. The minimum Gasteiger partial charge on any atom is -0.465 e. The van der Waals surface area contributed by atoms with Crippen LogP contribution < -0.4 is 10.6 Å². The summed E-state index contributed by atoms with van der Waals surface area (Å²) in [4.78, 5) is 37.2. The maximum Gasteiger partial charge on any atom is 0.337 e. The smallest absolute Gasteiger partial charge is 0.337 e. The molecule has 0 aromatic heterocycles. The molecule has 2 amide bonds. The van der Waals surface area contributed by atoms with Gasteiger partial charge in [0.2, 0.25) is 5.91 Å². The number of carbonyl (C=O) groups is 3. The van der Waals surface area contributed by atoms with Crippen molar-refractivity contribution in [1.29, 1.82) is 0 Å². The van der Waals surface area contributed by atoms with E-state index in [-0.39, 0.29) is 18.4 Å². The summed E-state index contributed by atoms with van der Waals surface area (Å²) in [6, 6.07) is 4.98. The van der Waals surface area contributed by atoms with Gasteiger partial charge < -0.3 is 15.4 Å². The molecule has 0 saturated heterocycles. The third-order valence-corrected chi connectivity index (χ3v) is 7.03. The zero-order chi connectivity index (χ0) is 25.8. The van der Waals surface area contributed by atoms with E-state index in [1.807, 2.05) is 0 Å². The van der Waals surface area contributed by atoms with E-state index >= 15 is 0 Å². The molecule has 1 aromatic rings. The van der Waals surface area contributed by atoms with E-state index in [1.165, 1.54) is 90.6 Å². The van der Waals surface area contributed by atoms with Crippen molar-refractivity contribution >= 4 is 17.8 Å². The van der Waals surface area contributed by atoms with Gasteiger partial charge >= 0.3 is 5.97 Å². The summed E-state index contributed by atoms with van der Waals surface area (Å²) in [6.45, 7) is 0.900. The molecule has 6 nitrogen and oxygen atoms in total. The predicted octanol–water partition coefficient (Wildman–Crippen LogP) is 6.85. The van der Waals surface area contributed by atoms with Crippen LogP contribution in [0, 0.1) is 0 Å². The maximum atomic E-state index is 12.7. The van der Waals surface area contributed by atoms with Crippen LogP contribution in [0.1, 0.15) is 142 Å². The number of hydrogen-bond donors (Lipinski definition) is 2. The Labute approximate surface area is 218 Å². The van der Waals surface area contributed by atoms with E-state index in [0.717, 1.165) is 25.7 Å². The monoisotopic (exact) mass is 500 g/mol. The summed E-state index contributed by atoms with van der Waals surface area (Å²) in [5, 5.41) is 5.91. The fraction of sp³-hybridized carbons (Fsp3) is 0.700. The number of fused-ring (bicyclic) bond motifs is 2. The topological polar surface area (TPSA) is 84.5 Å². The van der Waals surface area contributed by atoms with Gasteiger partial charge in [-0.3, -0.25) is 9.59 Å². The Balaban J connectivity index is 1.91. The Morgan fingerprint density at radius 3 is 1.69 bits per heavy atom. The van der Waals surface area contributed by atoms with Crippen LogP contribution >= 0.6 is 0 Å². The summed E-state index contributed by atoms with van der Waals surface area (Å²) in [5.41, 5.74) is 1.45. The Morgan fingerprint density at radius 1 is 0.667 bits per heavy atom. The second-order valence-electron chi connectivity index (χ2n) is 10.2. The Bertz CT molecular complexity index is 793. The van der Waals surface area contributed by atoms with Gasteiger partial charge in [-0.15, -0.1) is 0 Å². The van der Waals surface area contributed by atoms with E-state index in [0.29, 0.717) is 29.7 Å². The summed E-state index contributed by atoms with van der Waals surface area (Å²) in [6.07, 6.45) is 21.6. The molecule has 0 unspecified atom stereocenters. The summed E-state index contributed by atoms with van der Waals surface area (Å²) in [5.74, 6) is -0.694. The zero-order valence-electron chi connectivity index (χ0n) is 22.5. The van der Waals surface area contributed by atoms with Gasteiger partial charge in [-0.05, 0) is 36.6 Å². The summed E-state index contributed by atoms with van der Waals surface area (Å²) < 4.78 is 4.86. The number of rotatable bonds is 1. The standard InChI is InChI=1S/C30H48N2O4/c1-36-30(35)27-22-25-21-26(23-27)29(34)31-20-18-16-14-12-10-8-6-4-2-3-5-7-9-11-13-15-17-19-28(33)32-24-25/h21-23H,2-20,24H2,1H3,(H,31,34)(H,32,33). The lowest BCUT2D eigenvalue weighted by atomic mass is 10.0. The van der Waals surface area contributed by atoms with E-state index < -0.39 is 5.97 Å². The van der Waals surface area contributed by atoms with Crippen LogP contribution in [0.2, 0.25) is 0 Å². The molecule has 1 aliphatic heterocycles. The third kappa shape index (κ3) is 13.1. The molecule has 36 heavy (non-hydrogen) atoms. The molecule has 1 aliphatic rings. The fourth-order valence-corrected chi connectivity index (χ4v) is 4.82. The van der Waals surface area contributed by atoms with E-state index in [2.05, 4.69) is 10.6 Å². The second kappa shape index (κ2) is 18.8. The van der Waals surface area contributed by atoms with Crippen molar-refractivity contribution in [3.8, 4) is 0 Å². The molecule has 0 atom stereocenters. The Kier molecular flexibility index (Phi) is 15.6. The largest absolute Gasteiger partial charge is 0.465 e. The average molecular weight is 501 g/mol. The van der Waals surface area contributed by atoms with Crippen LogP contribution in [0.3, 0.4) is 0 Å². The van der Waals surface area contributed by atoms with Crippen molar-refractivity contribution in [1.82, 2.24) is 10.6 Å².